The van der Waals surface area contributed by atoms with Crippen LogP contribution in [0.4, 0.5) is 5.82 Å². The highest BCUT2D eigenvalue weighted by Gasteiger charge is 2.38. The molecule has 0 aliphatic carbocycles. The molecule has 15 heavy (non-hydrogen) atoms. The van der Waals surface area contributed by atoms with Crippen molar-refractivity contribution in [1.82, 2.24) is 15.2 Å². The number of carbonyl (C=O) groups excluding carboxylic acids is 2. The highest BCUT2D eigenvalue weighted by atomic mass is 16.6. The van der Waals surface area contributed by atoms with Crippen molar-refractivity contribution < 1.29 is 14.2 Å². The number of nitrogens with zero attached hydrogens (tertiary/aromatic N) is 3. The quantitative estimate of drug-likeness (QED) is 0.603. The van der Waals surface area contributed by atoms with Gasteiger partial charge < -0.3 is 16.4 Å². The van der Waals surface area contributed by atoms with E-state index in [-0.39, 0.29) is 11.5 Å². The number of rotatable bonds is 2. The molecule has 0 aromatic carbocycles. The number of hydrogen-bond acceptors (Lipinski definition) is 6. The van der Waals surface area contributed by atoms with Gasteiger partial charge in [0.15, 0.2) is 0 Å². The molecule has 1 fully saturated rings. The SMILES string of the molecule is NC(=O)C1CCN1C(=O)c1nonc1N. The number of hydrogen-bond donors (Lipinski definition) is 2. The molecule has 1 saturated heterocycles. The Labute approximate surface area is 84.1 Å². The van der Waals surface area contributed by atoms with E-state index in [1.54, 1.807) is 0 Å². The number of amides is 2. The van der Waals surface area contributed by atoms with Gasteiger partial charge in [-0.25, -0.2) is 4.63 Å². The van der Waals surface area contributed by atoms with Crippen molar-refractivity contribution in [2.45, 2.75) is 12.5 Å². The van der Waals surface area contributed by atoms with Gasteiger partial charge in [-0.1, -0.05) is 0 Å². The molecular weight excluding hydrogens is 202 g/mol. The molecule has 8 nitrogen and oxygen atoms in total. The molecule has 1 aromatic heterocycles. The second-order valence-electron chi connectivity index (χ2n) is 3.20. The van der Waals surface area contributed by atoms with Gasteiger partial charge in [0.25, 0.3) is 5.91 Å². The van der Waals surface area contributed by atoms with Crippen LogP contribution in [0.5, 0.6) is 0 Å². The first kappa shape index (κ1) is 9.44. The predicted octanol–water partition coefficient (Wildman–Crippen LogP) is -1.65. The summed E-state index contributed by atoms with van der Waals surface area (Å²) in [6.07, 6.45) is 0.562. The lowest BCUT2D eigenvalue weighted by molar-refractivity contribution is -0.125. The highest BCUT2D eigenvalue weighted by Crippen LogP contribution is 2.20. The van der Waals surface area contributed by atoms with Gasteiger partial charge in [-0.05, 0) is 16.7 Å². The molecule has 0 radical (unpaired) electrons. The molecule has 1 atom stereocenters. The van der Waals surface area contributed by atoms with Crippen LogP contribution in [0.15, 0.2) is 4.63 Å². The molecule has 1 aromatic rings. The molecule has 4 N–H and O–H groups in total. The van der Waals surface area contributed by atoms with Crippen LogP contribution < -0.4 is 11.5 Å². The summed E-state index contributed by atoms with van der Waals surface area (Å²) < 4.78 is 4.29. The minimum Gasteiger partial charge on any atom is -0.379 e. The molecule has 1 aliphatic heterocycles. The maximum absolute atomic E-state index is 11.7. The van der Waals surface area contributed by atoms with Gasteiger partial charge in [0.2, 0.25) is 17.4 Å². The largest absolute Gasteiger partial charge is 0.379 e. The molecule has 1 unspecified atom stereocenters. The Morgan fingerprint density at radius 2 is 2.20 bits per heavy atom. The summed E-state index contributed by atoms with van der Waals surface area (Å²) in [5, 5.41) is 6.63. The Kier molecular flexibility index (Phi) is 2.03. The van der Waals surface area contributed by atoms with Crippen molar-refractivity contribution in [3.8, 4) is 0 Å². The van der Waals surface area contributed by atoms with Gasteiger partial charge >= 0.3 is 0 Å². The third-order valence-corrected chi connectivity index (χ3v) is 2.33. The average Bonchev–Trinajstić information content (AvgIpc) is 2.47. The van der Waals surface area contributed by atoms with Gasteiger partial charge in [0, 0.05) is 6.54 Å². The lowest BCUT2D eigenvalue weighted by Gasteiger charge is -2.37. The van der Waals surface area contributed by atoms with Crippen LogP contribution >= 0.6 is 0 Å². The van der Waals surface area contributed by atoms with Gasteiger partial charge in [-0.15, -0.1) is 0 Å². The number of nitrogen functional groups attached to an aromatic ring is 1. The van der Waals surface area contributed by atoms with Crippen LogP contribution in [0, 0.1) is 0 Å². The number of carbonyl (C=O) groups is 2. The van der Waals surface area contributed by atoms with E-state index in [2.05, 4.69) is 14.9 Å². The van der Waals surface area contributed by atoms with E-state index >= 15 is 0 Å². The van der Waals surface area contributed by atoms with Crippen LogP contribution in [0.3, 0.4) is 0 Å². The highest BCUT2D eigenvalue weighted by molar-refractivity contribution is 5.99. The van der Waals surface area contributed by atoms with Crippen LogP contribution in [0.2, 0.25) is 0 Å². The van der Waals surface area contributed by atoms with Gasteiger partial charge in [0.05, 0.1) is 0 Å². The van der Waals surface area contributed by atoms with Crippen molar-refractivity contribution in [1.29, 1.82) is 0 Å². The van der Waals surface area contributed by atoms with Crippen molar-refractivity contribution >= 4 is 17.6 Å². The fourth-order valence-electron chi connectivity index (χ4n) is 1.41. The van der Waals surface area contributed by atoms with E-state index in [0.29, 0.717) is 13.0 Å². The number of aromatic nitrogens is 2. The second-order valence-corrected chi connectivity index (χ2v) is 3.20. The minimum atomic E-state index is -0.575. The third-order valence-electron chi connectivity index (χ3n) is 2.33. The monoisotopic (exact) mass is 211 g/mol. The molecule has 2 rings (SSSR count). The summed E-state index contributed by atoms with van der Waals surface area (Å²) in [7, 11) is 0. The van der Waals surface area contributed by atoms with E-state index in [9.17, 15) is 9.59 Å². The topological polar surface area (TPSA) is 128 Å². The number of nitrogens with two attached hydrogens (primary N) is 2. The molecule has 8 heteroatoms. The zero-order chi connectivity index (χ0) is 11.0. The smallest absolute Gasteiger partial charge is 0.280 e. The normalized spacial score (nSPS) is 19.7. The average molecular weight is 211 g/mol. The first-order valence-corrected chi connectivity index (χ1v) is 4.29. The zero-order valence-electron chi connectivity index (χ0n) is 7.71. The summed E-state index contributed by atoms with van der Waals surface area (Å²) >= 11 is 0. The van der Waals surface area contributed by atoms with E-state index in [0.717, 1.165) is 0 Å². The van der Waals surface area contributed by atoms with Crippen LogP contribution in [0.1, 0.15) is 16.9 Å². The fraction of sp³-hybridized carbons (Fsp3) is 0.429. The summed E-state index contributed by atoms with van der Waals surface area (Å²) in [5.41, 5.74) is 10.4. The Morgan fingerprint density at radius 3 is 2.60 bits per heavy atom. The maximum atomic E-state index is 11.7. The van der Waals surface area contributed by atoms with Gasteiger partial charge in [-0.3, -0.25) is 9.59 Å². The summed E-state index contributed by atoms with van der Waals surface area (Å²) in [6, 6.07) is -0.575. The zero-order valence-corrected chi connectivity index (χ0v) is 7.71. The van der Waals surface area contributed by atoms with Crippen molar-refractivity contribution in [2.24, 2.45) is 5.73 Å². The molecule has 2 heterocycles. The Hall–Kier alpha value is -2.12. The van der Waals surface area contributed by atoms with Crippen molar-refractivity contribution in [3.05, 3.63) is 5.69 Å². The second kappa shape index (κ2) is 3.23. The van der Waals surface area contributed by atoms with Gasteiger partial charge in [0.1, 0.15) is 6.04 Å². The molecule has 2 amide bonds. The lowest BCUT2D eigenvalue weighted by atomic mass is 10.0. The Bertz CT molecular complexity index is 415. The predicted molar refractivity (Wildman–Crippen MR) is 47.3 cm³/mol. The fourth-order valence-corrected chi connectivity index (χ4v) is 1.41. The van der Waals surface area contributed by atoms with E-state index in [4.69, 9.17) is 11.5 Å². The number of primary amides is 1. The molecule has 1 aliphatic rings. The molecule has 80 valence electrons. The summed E-state index contributed by atoms with van der Waals surface area (Å²) in [6.45, 7) is 0.457. The van der Waals surface area contributed by atoms with E-state index in [1.165, 1.54) is 4.90 Å². The van der Waals surface area contributed by atoms with Crippen molar-refractivity contribution in [3.63, 3.8) is 0 Å². The third kappa shape index (κ3) is 1.39. The standard InChI is InChI=1S/C7H9N5O3/c8-5-4(10-15-11-5)7(14)12-2-1-3(12)6(9)13/h3H,1-2H2,(H2,8,11)(H2,9,13). The summed E-state index contributed by atoms with van der Waals surface area (Å²) in [5.74, 6) is -1.11. The molecule has 0 bridgehead atoms. The first-order chi connectivity index (χ1) is 7.11. The van der Waals surface area contributed by atoms with E-state index in [1.807, 2.05) is 0 Å². The molecular formula is C7H9N5O3. The lowest BCUT2D eigenvalue weighted by Crippen LogP contribution is -2.57. The Balaban J connectivity index is 2.16. The molecule has 0 spiro atoms. The summed E-state index contributed by atoms with van der Waals surface area (Å²) in [4.78, 5) is 23.9. The Morgan fingerprint density at radius 1 is 1.47 bits per heavy atom. The van der Waals surface area contributed by atoms with Gasteiger partial charge in [-0.2, -0.15) is 0 Å². The maximum Gasteiger partial charge on any atom is 0.280 e. The minimum absolute atomic E-state index is 0.0825. The first-order valence-electron chi connectivity index (χ1n) is 4.29. The van der Waals surface area contributed by atoms with Crippen LogP contribution in [-0.2, 0) is 4.79 Å². The van der Waals surface area contributed by atoms with Crippen LogP contribution in [-0.4, -0.2) is 39.6 Å². The van der Waals surface area contributed by atoms with Crippen LogP contribution in [0.25, 0.3) is 0 Å². The number of anilines is 1. The van der Waals surface area contributed by atoms with E-state index < -0.39 is 17.9 Å². The number of likely N-dealkylation sites (tertiary alicyclic amines) is 1. The molecule has 0 saturated carbocycles. The van der Waals surface area contributed by atoms with Crippen molar-refractivity contribution in [2.75, 3.05) is 12.3 Å².